The predicted molar refractivity (Wildman–Crippen MR) is 69.3 cm³/mol. The zero-order valence-corrected chi connectivity index (χ0v) is 11.8. The smallest absolute Gasteiger partial charge is 0.246 e. The van der Waals surface area contributed by atoms with E-state index in [1.54, 1.807) is 6.92 Å². The molecule has 0 bridgehead atoms. The molecular formula is C11H15F2N3O3S. The molecule has 20 heavy (non-hydrogen) atoms. The number of hydrogen-bond acceptors (Lipinski definition) is 4. The number of nitrogens with two attached hydrogens (primary N) is 1. The second-order valence-electron chi connectivity index (χ2n) is 4.03. The average molecular weight is 307 g/mol. The van der Waals surface area contributed by atoms with Crippen LogP contribution in [0.5, 0.6) is 0 Å². The van der Waals surface area contributed by atoms with Gasteiger partial charge in [0.05, 0.1) is 6.54 Å². The molecule has 0 unspecified atom stereocenters. The number of anilines is 1. The van der Waals surface area contributed by atoms with Gasteiger partial charge in [-0.05, 0) is 19.1 Å². The lowest BCUT2D eigenvalue weighted by Gasteiger charge is -2.17. The highest BCUT2D eigenvalue weighted by Crippen LogP contribution is 2.23. The van der Waals surface area contributed by atoms with Crippen molar-refractivity contribution >= 4 is 21.6 Å². The molecule has 0 atom stereocenters. The van der Waals surface area contributed by atoms with Gasteiger partial charge in [-0.1, -0.05) is 0 Å². The molecule has 0 aliphatic carbocycles. The fraction of sp³-hybridized carbons (Fsp3) is 0.364. The summed E-state index contributed by atoms with van der Waals surface area (Å²) < 4.78 is 51.6. The minimum atomic E-state index is -4.35. The minimum Gasteiger partial charge on any atom is -0.399 e. The number of nitrogen functional groups attached to an aromatic ring is 1. The van der Waals surface area contributed by atoms with Crippen LogP contribution in [0, 0.1) is 11.6 Å². The van der Waals surface area contributed by atoms with Gasteiger partial charge < -0.3 is 11.1 Å². The van der Waals surface area contributed by atoms with Crippen LogP contribution in [0.1, 0.15) is 6.92 Å². The first kappa shape index (κ1) is 16.3. The number of rotatable bonds is 5. The SMILES string of the molecule is CCNC(=O)CN(C)S(=O)(=O)c1cc(N)cc(F)c1F. The second kappa shape index (κ2) is 6.14. The Morgan fingerprint density at radius 2 is 2.00 bits per heavy atom. The maximum absolute atomic E-state index is 13.6. The standard InChI is InChI=1S/C11H15F2N3O3S/c1-3-15-10(17)6-16(2)20(18,19)9-5-7(14)4-8(12)11(9)13/h4-5H,3,6,14H2,1-2H3,(H,15,17). The zero-order valence-electron chi connectivity index (χ0n) is 11.0. The Labute approximate surface area is 115 Å². The molecule has 1 aromatic rings. The number of amides is 1. The van der Waals surface area contributed by atoms with E-state index in [0.717, 1.165) is 13.1 Å². The lowest BCUT2D eigenvalue weighted by atomic mass is 10.3. The van der Waals surface area contributed by atoms with E-state index in [1.165, 1.54) is 0 Å². The van der Waals surface area contributed by atoms with E-state index in [0.29, 0.717) is 16.9 Å². The summed E-state index contributed by atoms with van der Waals surface area (Å²) >= 11 is 0. The van der Waals surface area contributed by atoms with Crippen LogP contribution in [-0.4, -0.2) is 38.8 Å². The third-order valence-electron chi connectivity index (χ3n) is 2.45. The molecule has 0 saturated carbocycles. The molecule has 1 amide bonds. The van der Waals surface area contributed by atoms with Gasteiger partial charge in [-0.2, -0.15) is 4.31 Å². The molecule has 1 aromatic carbocycles. The summed E-state index contributed by atoms with van der Waals surface area (Å²) in [5.41, 5.74) is 5.08. The third kappa shape index (κ3) is 3.42. The largest absolute Gasteiger partial charge is 0.399 e. The van der Waals surface area contributed by atoms with E-state index in [9.17, 15) is 22.0 Å². The van der Waals surface area contributed by atoms with Crippen molar-refractivity contribution in [1.82, 2.24) is 9.62 Å². The molecular weight excluding hydrogens is 292 g/mol. The van der Waals surface area contributed by atoms with E-state index >= 15 is 0 Å². The van der Waals surface area contributed by atoms with E-state index in [4.69, 9.17) is 5.73 Å². The first-order valence-electron chi connectivity index (χ1n) is 5.67. The Balaban J connectivity index is 3.14. The molecule has 6 nitrogen and oxygen atoms in total. The van der Waals surface area contributed by atoms with Crippen LogP contribution < -0.4 is 11.1 Å². The molecule has 112 valence electrons. The van der Waals surface area contributed by atoms with Crippen molar-refractivity contribution < 1.29 is 22.0 Å². The topological polar surface area (TPSA) is 92.5 Å². The normalized spacial score (nSPS) is 11.7. The number of nitrogens with one attached hydrogen (secondary N) is 1. The third-order valence-corrected chi connectivity index (χ3v) is 4.25. The average Bonchev–Trinajstić information content (AvgIpc) is 2.33. The number of carbonyl (C=O) groups excluding carboxylic acids is 1. The molecule has 0 aliphatic heterocycles. The van der Waals surface area contributed by atoms with Gasteiger partial charge in [-0.3, -0.25) is 4.79 Å². The lowest BCUT2D eigenvalue weighted by molar-refractivity contribution is -0.121. The number of benzene rings is 1. The number of likely N-dealkylation sites (N-methyl/N-ethyl adjacent to an activating group) is 2. The number of carbonyl (C=O) groups is 1. The maximum atomic E-state index is 13.6. The maximum Gasteiger partial charge on any atom is 0.246 e. The van der Waals surface area contributed by atoms with Gasteiger partial charge in [0.2, 0.25) is 15.9 Å². The summed E-state index contributed by atoms with van der Waals surface area (Å²) in [6.07, 6.45) is 0. The van der Waals surface area contributed by atoms with Crippen molar-refractivity contribution in [2.24, 2.45) is 0 Å². The molecule has 9 heteroatoms. The molecule has 0 saturated heterocycles. The van der Waals surface area contributed by atoms with Crippen molar-refractivity contribution in [2.45, 2.75) is 11.8 Å². The highest BCUT2D eigenvalue weighted by molar-refractivity contribution is 7.89. The van der Waals surface area contributed by atoms with Gasteiger partial charge in [0, 0.05) is 19.3 Å². The Morgan fingerprint density at radius 1 is 1.40 bits per heavy atom. The van der Waals surface area contributed by atoms with Crippen molar-refractivity contribution in [3.8, 4) is 0 Å². The molecule has 0 heterocycles. The summed E-state index contributed by atoms with van der Waals surface area (Å²) in [5.74, 6) is -3.44. The highest BCUT2D eigenvalue weighted by Gasteiger charge is 2.28. The Morgan fingerprint density at radius 3 is 2.55 bits per heavy atom. The van der Waals surface area contributed by atoms with Crippen molar-refractivity contribution in [3.63, 3.8) is 0 Å². The van der Waals surface area contributed by atoms with Gasteiger partial charge in [-0.25, -0.2) is 17.2 Å². The van der Waals surface area contributed by atoms with Crippen LogP contribution in [0.4, 0.5) is 14.5 Å². The van der Waals surface area contributed by atoms with Crippen LogP contribution >= 0.6 is 0 Å². The first-order valence-corrected chi connectivity index (χ1v) is 7.11. The summed E-state index contributed by atoms with van der Waals surface area (Å²) in [7, 11) is -3.26. The van der Waals surface area contributed by atoms with Crippen LogP contribution in [0.2, 0.25) is 0 Å². The minimum absolute atomic E-state index is 0.228. The zero-order chi connectivity index (χ0) is 15.5. The summed E-state index contributed by atoms with van der Waals surface area (Å²) in [6.45, 7) is 1.49. The van der Waals surface area contributed by atoms with E-state index in [2.05, 4.69) is 5.32 Å². The quantitative estimate of drug-likeness (QED) is 0.765. The van der Waals surface area contributed by atoms with E-state index in [1.807, 2.05) is 0 Å². The number of halogens is 2. The van der Waals surface area contributed by atoms with Crippen molar-refractivity contribution in [1.29, 1.82) is 0 Å². The lowest BCUT2D eigenvalue weighted by Crippen LogP contribution is -2.38. The van der Waals surface area contributed by atoms with Gasteiger partial charge in [0.25, 0.3) is 0 Å². The second-order valence-corrected chi connectivity index (χ2v) is 6.04. The van der Waals surface area contributed by atoms with E-state index in [-0.39, 0.29) is 5.69 Å². The number of sulfonamides is 1. The monoisotopic (exact) mass is 307 g/mol. The van der Waals surface area contributed by atoms with Crippen LogP contribution in [0.3, 0.4) is 0 Å². The molecule has 0 aliphatic rings. The molecule has 3 N–H and O–H groups in total. The highest BCUT2D eigenvalue weighted by atomic mass is 32.2. The molecule has 0 spiro atoms. The van der Waals surface area contributed by atoms with Crippen molar-refractivity contribution in [3.05, 3.63) is 23.8 Å². The van der Waals surface area contributed by atoms with Gasteiger partial charge in [0.1, 0.15) is 4.90 Å². The molecule has 1 rings (SSSR count). The van der Waals surface area contributed by atoms with Crippen LogP contribution in [-0.2, 0) is 14.8 Å². The number of nitrogens with zero attached hydrogens (tertiary/aromatic N) is 1. The first-order chi connectivity index (χ1) is 9.20. The molecule has 0 radical (unpaired) electrons. The fourth-order valence-corrected chi connectivity index (χ4v) is 2.71. The summed E-state index contributed by atoms with van der Waals surface area (Å²) in [5, 5.41) is 2.40. The predicted octanol–water partition coefficient (Wildman–Crippen LogP) is 0.304. The summed E-state index contributed by atoms with van der Waals surface area (Å²) in [4.78, 5) is 10.4. The van der Waals surface area contributed by atoms with Crippen molar-refractivity contribution in [2.75, 3.05) is 25.9 Å². The Bertz CT molecular complexity index is 620. The van der Waals surface area contributed by atoms with Crippen LogP contribution in [0.25, 0.3) is 0 Å². The van der Waals surface area contributed by atoms with Crippen LogP contribution in [0.15, 0.2) is 17.0 Å². The molecule has 0 aromatic heterocycles. The number of hydrogen-bond donors (Lipinski definition) is 2. The fourth-order valence-electron chi connectivity index (χ4n) is 1.48. The van der Waals surface area contributed by atoms with E-state index < -0.39 is 39.0 Å². The van der Waals surface area contributed by atoms with Gasteiger partial charge >= 0.3 is 0 Å². The van der Waals surface area contributed by atoms with Gasteiger partial charge in [0.15, 0.2) is 11.6 Å². The Hall–Kier alpha value is -1.74. The Kier molecular flexibility index (Phi) is 5.01. The molecule has 0 fully saturated rings. The van der Waals surface area contributed by atoms with Gasteiger partial charge in [-0.15, -0.1) is 0 Å². The summed E-state index contributed by atoms with van der Waals surface area (Å²) in [6, 6.07) is 1.49.